The lowest BCUT2D eigenvalue weighted by atomic mass is 10.2. The van der Waals surface area contributed by atoms with Crippen LogP contribution >= 0.6 is 23.2 Å². The van der Waals surface area contributed by atoms with E-state index in [4.69, 9.17) is 27.9 Å². The van der Waals surface area contributed by atoms with Gasteiger partial charge < -0.3 is 20.1 Å². The summed E-state index contributed by atoms with van der Waals surface area (Å²) in [6.07, 6.45) is 0. The fourth-order valence-electron chi connectivity index (χ4n) is 2.07. The maximum absolute atomic E-state index is 12.4. The molecule has 7 nitrogen and oxygen atoms in total. The van der Waals surface area contributed by atoms with Gasteiger partial charge in [0.25, 0.3) is 11.8 Å². The van der Waals surface area contributed by atoms with Crippen molar-refractivity contribution in [1.82, 2.24) is 5.32 Å². The average molecular weight is 447 g/mol. The van der Waals surface area contributed by atoms with Gasteiger partial charge in [0, 0.05) is 5.02 Å². The lowest BCUT2D eigenvalue weighted by Gasteiger charge is -2.12. The molecule has 11 heteroatoms. The number of para-hydroxylation sites is 2. The van der Waals surface area contributed by atoms with E-state index >= 15 is 0 Å². The highest BCUT2D eigenvalue weighted by atomic mass is 35.5. The minimum absolute atomic E-state index is 0.0143. The van der Waals surface area contributed by atoms with Crippen molar-refractivity contribution in [2.24, 2.45) is 0 Å². The second kappa shape index (κ2) is 10.6. The first-order valence-electron chi connectivity index (χ1n) is 7.99. The Kier molecular flexibility index (Phi) is 8.17. The predicted molar refractivity (Wildman–Crippen MR) is 101 cm³/mol. The number of amides is 2. The third kappa shape index (κ3) is 7.20. The molecule has 0 heterocycles. The lowest BCUT2D eigenvalue weighted by Crippen LogP contribution is -2.32. The molecule has 2 aromatic rings. The summed E-state index contributed by atoms with van der Waals surface area (Å²) in [6.45, 7) is -4.28. The Hall–Kier alpha value is -2.91. The van der Waals surface area contributed by atoms with Gasteiger partial charge in [-0.2, -0.15) is 8.78 Å². The third-order valence-electron chi connectivity index (χ3n) is 3.31. The molecule has 2 aromatic carbocycles. The molecular weight excluding hydrogens is 433 g/mol. The number of hydrogen-bond acceptors (Lipinski definition) is 5. The van der Waals surface area contributed by atoms with Crippen LogP contribution in [0.1, 0.15) is 10.4 Å². The Bertz CT molecular complexity index is 912. The van der Waals surface area contributed by atoms with Crippen LogP contribution in [0.2, 0.25) is 10.0 Å². The first kappa shape index (κ1) is 22.4. The number of benzene rings is 2. The van der Waals surface area contributed by atoms with E-state index in [2.05, 4.69) is 15.4 Å². The molecule has 2 N–H and O–H groups in total. The summed E-state index contributed by atoms with van der Waals surface area (Å²) in [4.78, 5) is 35.5. The Morgan fingerprint density at radius 1 is 1.07 bits per heavy atom. The molecule has 0 aromatic heterocycles. The number of ether oxygens (including phenoxy) is 2. The molecule has 0 aliphatic carbocycles. The summed E-state index contributed by atoms with van der Waals surface area (Å²) in [5.74, 6) is -2.55. The van der Waals surface area contributed by atoms with Crippen molar-refractivity contribution < 1.29 is 32.6 Å². The Labute approximate surface area is 173 Å². The number of hydrogen-bond donors (Lipinski definition) is 2. The molecule has 0 saturated carbocycles. The molecular formula is C18H14Cl2F2N2O5. The molecule has 29 heavy (non-hydrogen) atoms. The summed E-state index contributed by atoms with van der Waals surface area (Å²) >= 11 is 11.6. The van der Waals surface area contributed by atoms with Crippen LogP contribution in [0, 0.1) is 0 Å². The highest BCUT2D eigenvalue weighted by Gasteiger charge is 2.15. The van der Waals surface area contributed by atoms with Crippen molar-refractivity contribution in [2.45, 2.75) is 6.61 Å². The van der Waals surface area contributed by atoms with Crippen LogP contribution in [0.25, 0.3) is 0 Å². The highest BCUT2D eigenvalue weighted by Crippen LogP contribution is 2.25. The van der Waals surface area contributed by atoms with Gasteiger partial charge in [0.1, 0.15) is 12.3 Å². The SMILES string of the molecule is O=C(COC(=O)CNC(=O)c1ccc(Cl)cc1Cl)Nc1ccccc1OC(F)F. The van der Waals surface area contributed by atoms with E-state index in [1.807, 2.05) is 0 Å². The largest absolute Gasteiger partial charge is 0.454 e. The van der Waals surface area contributed by atoms with Gasteiger partial charge in [0.2, 0.25) is 0 Å². The van der Waals surface area contributed by atoms with Crippen LogP contribution in [0.15, 0.2) is 42.5 Å². The number of rotatable bonds is 8. The quantitative estimate of drug-likeness (QED) is 0.605. The van der Waals surface area contributed by atoms with Gasteiger partial charge in [-0.3, -0.25) is 14.4 Å². The Balaban J connectivity index is 1.80. The van der Waals surface area contributed by atoms with Gasteiger partial charge >= 0.3 is 12.6 Å². The van der Waals surface area contributed by atoms with Crippen LogP contribution in [-0.2, 0) is 14.3 Å². The maximum Gasteiger partial charge on any atom is 0.387 e. The third-order valence-corrected chi connectivity index (χ3v) is 3.86. The van der Waals surface area contributed by atoms with E-state index in [1.54, 1.807) is 0 Å². The van der Waals surface area contributed by atoms with Gasteiger partial charge in [0.05, 0.1) is 16.3 Å². The predicted octanol–water partition coefficient (Wildman–Crippen LogP) is 3.51. The molecule has 0 fully saturated rings. The lowest BCUT2D eigenvalue weighted by molar-refractivity contribution is -0.146. The van der Waals surface area contributed by atoms with E-state index < -0.39 is 37.5 Å². The molecule has 0 spiro atoms. The number of halogens is 4. The normalized spacial score (nSPS) is 10.4. The fraction of sp³-hybridized carbons (Fsp3) is 0.167. The van der Waals surface area contributed by atoms with Crippen molar-refractivity contribution in [3.63, 3.8) is 0 Å². The molecule has 0 aliphatic heterocycles. The minimum atomic E-state index is -3.07. The molecule has 2 rings (SSSR count). The number of nitrogens with one attached hydrogen (secondary N) is 2. The summed E-state index contributed by atoms with van der Waals surface area (Å²) < 4.78 is 33.7. The minimum Gasteiger partial charge on any atom is -0.454 e. The van der Waals surface area contributed by atoms with Crippen molar-refractivity contribution in [2.75, 3.05) is 18.5 Å². The molecule has 0 saturated heterocycles. The van der Waals surface area contributed by atoms with Crippen molar-refractivity contribution in [3.8, 4) is 5.75 Å². The van der Waals surface area contributed by atoms with Gasteiger partial charge in [-0.1, -0.05) is 35.3 Å². The molecule has 0 radical (unpaired) electrons. The first-order chi connectivity index (χ1) is 13.8. The van der Waals surface area contributed by atoms with Crippen molar-refractivity contribution >= 4 is 46.7 Å². The van der Waals surface area contributed by atoms with E-state index in [9.17, 15) is 23.2 Å². The molecule has 0 unspecified atom stereocenters. The molecule has 0 bridgehead atoms. The van der Waals surface area contributed by atoms with Crippen LogP contribution in [0.3, 0.4) is 0 Å². The summed E-state index contributed by atoms with van der Waals surface area (Å²) in [5.41, 5.74) is 0.0942. The van der Waals surface area contributed by atoms with Gasteiger partial charge in [-0.15, -0.1) is 0 Å². The number of alkyl halides is 2. The van der Waals surface area contributed by atoms with Crippen molar-refractivity contribution in [3.05, 3.63) is 58.1 Å². The van der Waals surface area contributed by atoms with Crippen LogP contribution in [-0.4, -0.2) is 37.5 Å². The Morgan fingerprint density at radius 2 is 1.79 bits per heavy atom. The molecule has 0 aliphatic rings. The van der Waals surface area contributed by atoms with Gasteiger partial charge in [0.15, 0.2) is 6.61 Å². The number of anilines is 1. The monoisotopic (exact) mass is 446 g/mol. The van der Waals surface area contributed by atoms with Crippen molar-refractivity contribution in [1.29, 1.82) is 0 Å². The maximum atomic E-state index is 12.4. The van der Waals surface area contributed by atoms with E-state index in [1.165, 1.54) is 42.5 Å². The molecule has 154 valence electrons. The highest BCUT2D eigenvalue weighted by molar-refractivity contribution is 6.36. The zero-order valence-corrected chi connectivity index (χ0v) is 16.1. The first-order valence-corrected chi connectivity index (χ1v) is 8.74. The number of esters is 1. The van der Waals surface area contributed by atoms with E-state index in [0.717, 1.165) is 0 Å². The van der Waals surface area contributed by atoms with Crippen LogP contribution in [0.4, 0.5) is 14.5 Å². The topological polar surface area (TPSA) is 93.7 Å². The molecule has 0 atom stereocenters. The van der Waals surface area contributed by atoms with Crippen LogP contribution in [0.5, 0.6) is 5.75 Å². The van der Waals surface area contributed by atoms with Gasteiger partial charge in [-0.05, 0) is 30.3 Å². The van der Waals surface area contributed by atoms with Crippen LogP contribution < -0.4 is 15.4 Å². The van der Waals surface area contributed by atoms with E-state index in [-0.39, 0.29) is 22.0 Å². The standard InChI is InChI=1S/C18H14Cl2F2N2O5/c19-10-5-6-11(12(20)7-10)17(27)23-8-16(26)28-9-15(25)24-13-3-1-2-4-14(13)29-18(21)22/h1-7,18H,8-9H2,(H,23,27)(H,24,25). The number of carbonyl (C=O) groups excluding carboxylic acids is 3. The summed E-state index contributed by atoms with van der Waals surface area (Å²) in [7, 11) is 0. The fourth-order valence-corrected chi connectivity index (χ4v) is 2.57. The van der Waals surface area contributed by atoms with Gasteiger partial charge in [-0.25, -0.2) is 0 Å². The second-order valence-electron chi connectivity index (χ2n) is 5.39. The summed E-state index contributed by atoms with van der Waals surface area (Å²) in [6, 6.07) is 9.74. The van der Waals surface area contributed by atoms with E-state index in [0.29, 0.717) is 5.02 Å². The number of carbonyl (C=O) groups is 3. The summed E-state index contributed by atoms with van der Waals surface area (Å²) in [5, 5.41) is 5.02. The average Bonchev–Trinajstić information content (AvgIpc) is 2.65. The second-order valence-corrected chi connectivity index (χ2v) is 6.23. The zero-order chi connectivity index (χ0) is 21.4. The zero-order valence-electron chi connectivity index (χ0n) is 14.6. The Morgan fingerprint density at radius 3 is 2.48 bits per heavy atom. The smallest absolute Gasteiger partial charge is 0.387 e. The molecule has 2 amide bonds.